The Kier molecular flexibility index (Phi) is 7.39. The summed E-state index contributed by atoms with van der Waals surface area (Å²) in [6, 6.07) is 0.292. The molecular formula is C11H12BrClF3NO2. The van der Waals surface area contributed by atoms with Crippen molar-refractivity contribution in [1.82, 2.24) is 0 Å². The molecule has 0 radical (unpaired) electrons. The predicted octanol–water partition coefficient (Wildman–Crippen LogP) is 3.05. The number of esters is 1. The van der Waals surface area contributed by atoms with Crippen LogP contribution in [-0.4, -0.2) is 18.7 Å². The molecule has 108 valence electrons. The summed E-state index contributed by atoms with van der Waals surface area (Å²) >= 11 is 2.83. The topological polar surface area (TPSA) is 52.3 Å². The van der Waals surface area contributed by atoms with E-state index in [0.29, 0.717) is 0 Å². The van der Waals surface area contributed by atoms with E-state index >= 15 is 0 Å². The van der Waals surface area contributed by atoms with E-state index in [4.69, 9.17) is 5.73 Å². The third-order valence-electron chi connectivity index (χ3n) is 2.24. The van der Waals surface area contributed by atoms with Crippen molar-refractivity contribution in [2.24, 2.45) is 5.73 Å². The van der Waals surface area contributed by atoms with Crippen LogP contribution in [0.4, 0.5) is 13.2 Å². The summed E-state index contributed by atoms with van der Waals surface area (Å²) in [5, 5.41) is 0. The number of rotatable bonds is 4. The van der Waals surface area contributed by atoms with Gasteiger partial charge >= 0.3 is 5.97 Å². The number of hydrogen-bond donors (Lipinski definition) is 1. The van der Waals surface area contributed by atoms with Crippen LogP contribution in [0.15, 0.2) is 16.6 Å². The van der Waals surface area contributed by atoms with E-state index in [0.717, 1.165) is 12.1 Å². The molecule has 0 amide bonds. The quantitative estimate of drug-likeness (QED) is 0.662. The molecule has 2 atom stereocenters. The first-order valence-corrected chi connectivity index (χ1v) is 5.89. The van der Waals surface area contributed by atoms with Gasteiger partial charge in [0.1, 0.15) is 11.6 Å². The zero-order valence-corrected chi connectivity index (χ0v) is 12.2. The highest BCUT2D eigenvalue weighted by Crippen LogP contribution is 2.28. The molecule has 0 aromatic heterocycles. The lowest BCUT2D eigenvalue weighted by atomic mass is 10.0. The van der Waals surface area contributed by atoms with Crippen molar-refractivity contribution in [3.8, 4) is 0 Å². The molecule has 19 heavy (non-hydrogen) atoms. The van der Waals surface area contributed by atoms with Gasteiger partial charge in [-0.2, -0.15) is 0 Å². The van der Waals surface area contributed by atoms with Crippen molar-refractivity contribution < 1.29 is 22.7 Å². The minimum Gasteiger partial charge on any atom is -0.464 e. The lowest BCUT2D eigenvalue weighted by Gasteiger charge is -2.17. The average Bonchev–Trinajstić information content (AvgIpc) is 2.33. The predicted molar refractivity (Wildman–Crippen MR) is 69.8 cm³/mol. The Labute approximate surface area is 122 Å². The highest BCUT2D eigenvalue weighted by Gasteiger charge is 2.32. The molecule has 1 unspecified atom stereocenters. The molecule has 1 rings (SSSR count). The summed E-state index contributed by atoms with van der Waals surface area (Å²) in [5.74, 6) is -3.30. The van der Waals surface area contributed by atoms with Gasteiger partial charge in [-0.25, -0.2) is 18.0 Å². The number of carbonyl (C=O) groups excluding carboxylic acids is 1. The lowest BCUT2D eigenvalue weighted by Crippen LogP contribution is -2.33. The number of nitrogens with two attached hydrogens (primary N) is 1. The van der Waals surface area contributed by atoms with Gasteiger partial charge in [-0.1, -0.05) is 0 Å². The van der Waals surface area contributed by atoms with Gasteiger partial charge in [0.2, 0.25) is 6.17 Å². The maximum Gasteiger partial charge on any atom is 0.342 e. The second kappa shape index (κ2) is 7.72. The van der Waals surface area contributed by atoms with Gasteiger partial charge in [0.05, 0.1) is 17.1 Å². The highest BCUT2D eigenvalue weighted by molar-refractivity contribution is 9.10. The van der Waals surface area contributed by atoms with E-state index in [9.17, 15) is 18.0 Å². The second-order valence-electron chi connectivity index (χ2n) is 3.44. The van der Waals surface area contributed by atoms with Crippen molar-refractivity contribution >= 4 is 34.3 Å². The molecule has 3 nitrogen and oxygen atoms in total. The van der Waals surface area contributed by atoms with Crippen LogP contribution < -0.4 is 5.73 Å². The fourth-order valence-electron chi connectivity index (χ4n) is 1.36. The maximum absolute atomic E-state index is 13.6. The normalized spacial score (nSPS) is 13.4. The lowest BCUT2D eigenvalue weighted by molar-refractivity contribution is -0.150. The van der Waals surface area contributed by atoms with E-state index in [1.165, 1.54) is 6.92 Å². The molecule has 0 aliphatic heterocycles. The maximum atomic E-state index is 13.6. The third kappa shape index (κ3) is 4.09. The van der Waals surface area contributed by atoms with Gasteiger partial charge in [-0.05, 0) is 35.0 Å². The SMILES string of the molecule is CCOC(=O)C(F)[C@@H](N)c1c(F)ccc(Br)c1F.Cl. The smallest absolute Gasteiger partial charge is 0.342 e. The molecule has 0 heterocycles. The first kappa shape index (κ1) is 18.2. The molecule has 1 aromatic carbocycles. The zero-order valence-electron chi connectivity index (χ0n) is 9.83. The summed E-state index contributed by atoms with van der Waals surface area (Å²) in [6.45, 7) is 1.44. The fourth-order valence-corrected chi connectivity index (χ4v) is 1.71. The summed E-state index contributed by atoms with van der Waals surface area (Å²) in [6.07, 6.45) is -2.33. The average molecular weight is 363 g/mol. The standard InChI is InChI=1S/C11H11BrF3NO2.ClH/c1-2-18-11(17)9(15)10(16)7-6(13)4-3-5(12)8(7)14;/h3-4,9-10H,2,16H2,1H3;1H/t9?,10-;/m0./s1. The van der Waals surface area contributed by atoms with Crippen molar-refractivity contribution in [2.45, 2.75) is 19.1 Å². The van der Waals surface area contributed by atoms with Gasteiger partial charge < -0.3 is 10.5 Å². The molecule has 0 spiro atoms. The van der Waals surface area contributed by atoms with Crippen LogP contribution in [0.2, 0.25) is 0 Å². The van der Waals surface area contributed by atoms with Gasteiger partial charge in [0.15, 0.2) is 0 Å². The Morgan fingerprint density at radius 3 is 2.58 bits per heavy atom. The van der Waals surface area contributed by atoms with E-state index in [2.05, 4.69) is 20.7 Å². The van der Waals surface area contributed by atoms with Crippen LogP contribution in [0.5, 0.6) is 0 Å². The molecule has 8 heteroatoms. The zero-order chi connectivity index (χ0) is 13.9. The van der Waals surface area contributed by atoms with Crippen molar-refractivity contribution in [3.63, 3.8) is 0 Å². The number of halogens is 5. The second-order valence-corrected chi connectivity index (χ2v) is 4.29. The third-order valence-corrected chi connectivity index (χ3v) is 2.85. The molecule has 0 aliphatic carbocycles. The monoisotopic (exact) mass is 361 g/mol. The molecule has 1 aromatic rings. The number of ether oxygens (including phenoxy) is 1. The molecule has 0 bridgehead atoms. The Balaban J connectivity index is 0.00000324. The minimum atomic E-state index is -2.33. The minimum absolute atomic E-state index is 0. The molecule has 0 aliphatic rings. The van der Waals surface area contributed by atoms with Crippen LogP contribution in [-0.2, 0) is 9.53 Å². The summed E-state index contributed by atoms with van der Waals surface area (Å²) in [4.78, 5) is 11.1. The Hall–Kier alpha value is -0.790. The van der Waals surface area contributed by atoms with Crippen molar-refractivity contribution in [2.75, 3.05) is 6.61 Å². The van der Waals surface area contributed by atoms with Crippen LogP contribution in [0.1, 0.15) is 18.5 Å². The number of alkyl halides is 1. The molecular weight excluding hydrogens is 350 g/mol. The van der Waals surface area contributed by atoms with Gasteiger partial charge in [0.25, 0.3) is 0 Å². The first-order valence-electron chi connectivity index (χ1n) is 5.09. The van der Waals surface area contributed by atoms with Crippen LogP contribution in [0.25, 0.3) is 0 Å². The largest absolute Gasteiger partial charge is 0.464 e. The van der Waals surface area contributed by atoms with Crippen molar-refractivity contribution in [1.29, 1.82) is 0 Å². The van der Waals surface area contributed by atoms with E-state index in [1.807, 2.05) is 0 Å². The molecule has 2 N–H and O–H groups in total. The van der Waals surface area contributed by atoms with E-state index < -0.39 is 35.4 Å². The van der Waals surface area contributed by atoms with Gasteiger partial charge in [-0.15, -0.1) is 12.4 Å². The number of hydrogen-bond acceptors (Lipinski definition) is 3. The van der Waals surface area contributed by atoms with Gasteiger partial charge in [-0.3, -0.25) is 0 Å². The highest BCUT2D eigenvalue weighted by atomic mass is 79.9. The molecule has 0 fully saturated rings. The number of benzene rings is 1. The Morgan fingerprint density at radius 2 is 2.05 bits per heavy atom. The van der Waals surface area contributed by atoms with Crippen LogP contribution in [0, 0.1) is 11.6 Å². The Bertz CT molecular complexity index is 462. The fraction of sp³-hybridized carbons (Fsp3) is 0.364. The van der Waals surface area contributed by atoms with Crippen LogP contribution >= 0.6 is 28.3 Å². The molecule has 0 saturated carbocycles. The number of carbonyl (C=O) groups is 1. The summed E-state index contributed by atoms with van der Waals surface area (Å²) in [7, 11) is 0. The van der Waals surface area contributed by atoms with Crippen molar-refractivity contribution in [3.05, 3.63) is 33.8 Å². The summed E-state index contributed by atoms with van der Waals surface area (Å²) < 4.78 is 45.0. The Morgan fingerprint density at radius 1 is 1.47 bits per heavy atom. The molecule has 0 saturated heterocycles. The van der Waals surface area contributed by atoms with Crippen LogP contribution in [0.3, 0.4) is 0 Å². The van der Waals surface area contributed by atoms with E-state index in [1.54, 1.807) is 0 Å². The summed E-state index contributed by atoms with van der Waals surface area (Å²) in [5.41, 5.74) is 4.67. The van der Waals surface area contributed by atoms with Gasteiger partial charge in [0, 0.05) is 5.56 Å². The first-order chi connectivity index (χ1) is 8.40. The van der Waals surface area contributed by atoms with E-state index in [-0.39, 0.29) is 23.5 Å².